The Labute approximate surface area is 104 Å². The monoisotopic (exact) mass is 283 g/mol. The summed E-state index contributed by atoms with van der Waals surface area (Å²) in [7, 11) is -2.62. The van der Waals surface area contributed by atoms with Crippen LogP contribution in [0.3, 0.4) is 0 Å². The van der Waals surface area contributed by atoms with Crippen LogP contribution in [0.5, 0.6) is 0 Å². The second-order valence-electron chi connectivity index (χ2n) is 3.36. The van der Waals surface area contributed by atoms with Gasteiger partial charge in [-0.15, -0.1) is 0 Å². The number of aryl methyl sites for hydroxylation is 1. The van der Waals surface area contributed by atoms with Crippen molar-refractivity contribution >= 4 is 16.7 Å². The molecule has 0 radical (unpaired) electrons. The fourth-order valence-corrected chi connectivity index (χ4v) is 1.15. The zero-order valence-electron chi connectivity index (χ0n) is 9.62. The predicted octanol–water partition coefficient (Wildman–Crippen LogP) is 1.52. The Morgan fingerprint density at radius 1 is 1.22 bits per heavy atom. The fraction of sp³-hybridized carbons (Fsp3) is 0.300. The van der Waals surface area contributed by atoms with E-state index in [2.05, 4.69) is 5.14 Å². The number of nitrogens with two attached hydrogens (primary N) is 1. The van der Waals surface area contributed by atoms with Gasteiger partial charge in [0.2, 0.25) is 0 Å². The van der Waals surface area contributed by atoms with Crippen molar-refractivity contribution < 1.29 is 26.4 Å². The normalized spacial score (nSPS) is 10.8. The van der Waals surface area contributed by atoms with E-state index in [1.54, 1.807) is 13.0 Å². The van der Waals surface area contributed by atoms with Crippen LogP contribution in [0.2, 0.25) is 0 Å². The van der Waals surface area contributed by atoms with Crippen molar-refractivity contribution in [2.24, 2.45) is 5.14 Å². The van der Waals surface area contributed by atoms with Gasteiger partial charge in [0.05, 0.1) is 0 Å². The van der Waals surface area contributed by atoms with Crippen LogP contribution in [0.4, 0.5) is 13.2 Å². The fourth-order valence-electron chi connectivity index (χ4n) is 1.15. The summed E-state index contributed by atoms with van der Waals surface area (Å²) in [4.78, 5) is 10.9. The van der Waals surface area contributed by atoms with Gasteiger partial charge in [0.15, 0.2) is 10.9 Å². The highest BCUT2D eigenvalue weighted by Gasteiger charge is 2.39. The lowest BCUT2D eigenvalue weighted by atomic mass is 10.00. The SMILES string of the molecule is Cc1cccc(C(=O)C(F)(F)F)c1C.N[SH](=O)=O. The van der Waals surface area contributed by atoms with Gasteiger partial charge >= 0.3 is 6.18 Å². The summed E-state index contributed by atoms with van der Waals surface area (Å²) >= 11 is 0. The highest BCUT2D eigenvalue weighted by Crippen LogP contribution is 2.24. The molecule has 18 heavy (non-hydrogen) atoms. The molecule has 0 fully saturated rings. The van der Waals surface area contributed by atoms with Crippen LogP contribution in [0.1, 0.15) is 21.5 Å². The summed E-state index contributed by atoms with van der Waals surface area (Å²) in [6.45, 7) is 3.18. The molecular formula is C10H12F3NO3S. The van der Waals surface area contributed by atoms with Crippen molar-refractivity contribution in [2.45, 2.75) is 20.0 Å². The van der Waals surface area contributed by atoms with E-state index in [0.717, 1.165) is 0 Å². The molecule has 0 unspecified atom stereocenters. The molecule has 0 atom stereocenters. The van der Waals surface area contributed by atoms with Gasteiger partial charge in [-0.25, -0.2) is 13.6 Å². The van der Waals surface area contributed by atoms with Crippen molar-refractivity contribution in [3.63, 3.8) is 0 Å². The van der Waals surface area contributed by atoms with Crippen LogP contribution >= 0.6 is 0 Å². The molecule has 2 N–H and O–H groups in total. The summed E-state index contributed by atoms with van der Waals surface area (Å²) in [5.41, 5.74) is 0.799. The highest BCUT2D eigenvalue weighted by molar-refractivity contribution is 7.69. The number of rotatable bonds is 1. The van der Waals surface area contributed by atoms with E-state index in [4.69, 9.17) is 8.42 Å². The van der Waals surface area contributed by atoms with Crippen LogP contribution in [-0.2, 0) is 10.9 Å². The smallest absolute Gasteiger partial charge is 0.284 e. The quantitative estimate of drug-likeness (QED) is 0.606. The number of hydrogen-bond donors (Lipinski definition) is 2. The first kappa shape index (κ1) is 16.6. The maximum atomic E-state index is 12.1. The summed E-state index contributed by atoms with van der Waals surface area (Å²) in [5, 5.41) is 4.06. The molecule has 0 aliphatic heterocycles. The maximum Gasteiger partial charge on any atom is 0.454 e. The maximum absolute atomic E-state index is 12.1. The average molecular weight is 283 g/mol. The molecule has 1 rings (SSSR count). The third-order valence-corrected chi connectivity index (χ3v) is 2.11. The lowest BCUT2D eigenvalue weighted by molar-refractivity contribution is -0.0885. The standard InChI is InChI=1S/C10H9F3O.H3NO2S/c1-6-4-3-5-8(7(6)2)9(14)10(11,12)13;1-4(2)3/h3-5H,1-2H3;4H,(H2,1,2,3). The topological polar surface area (TPSA) is 77.2 Å². The number of hydrogen-bond acceptors (Lipinski definition) is 3. The number of carbonyl (C=O) groups excluding carboxylic acids is 1. The van der Waals surface area contributed by atoms with E-state index in [-0.39, 0.29) is 5.56 Å². The predicted molar refractivity (Wildman–Crippen MR) is 60.8 cm³/mol. The molecule has 0 aromatic heterocycles. The van der Waals surface area contributed by atoms with E-state index >= 15 is 0 Å². The Bertz CT molecular complexity index is 502. The third kappa shape index (κ3) is 5.28. The minimum Gasteiger partial charge on any atom is -0.284 e. The Morgan fingerprint density at radius 3 is 2.06 bits per heavy atom. The number of thiol groups is 1. The Hall–Kier alpha value is -1.41. The Morgan fingerprint density at radius 2 is 1.67 bits per heavy atom. The summed E-state index contributed by atoms with van der Waals surface area (Å²) in [6, 6.07) is 4.31. The molecule has 1 aromatic rings. The number of alkyl halides is 3. The minimum absolute atomic E-state index is 0.266. The number of ketones is 1. The van der Waals surface area contributed by atoms with Crippen molar-refractivity contribution in [1.29, 1.82) is 0 Å². The van der Waals surface area contributed by atoms with Gasteiger partial charge in [-0.3, -0.25) is 4.79 Å². The van der Waals surface area contributed by atoms with E-state index in [0.29, 0.717) is 11.1 Å². The van der Waals surface area contributed by atoms with Crippen molar-refractivity contribution in [1.82, 2.24) is 0 Å². The first-order valence-corrected chi connectivity index (χ1v) is 5.89. The summed E-state index contributed by atoms with van der Waals surface area (Å²) < 4.78 is 53.9. The molecule has 4 nitrogen and oxygen atoms in total. The summed E-state index contributed by atoms with van der Waals surface area (Å²) in [6.07, 6.45) is -4.79. The van der Waals surface area contributed by atoms with Gasteiger partial charge in [0.25, 0.3) is 5.78 Å². The van der Waals surface area contributed by atoms with Gasteiger partial charge in [0, 0.05) is 5.56 Å². The number of halogens is 3. The molecule has 0 spiro atoms. The Balaban J connectivity index is 0.000000631. The van der Waals surface area contributed by atoms with E-state index in [1.807, 2.05) is 0 Å². The van der Waals surface area contributed by atoms with Crippen LogP contribution in [-0.4, -0.2) is 20.4 Å². The summed E-state index contributed by atoms with van der Waals surface area (Å²) in [5.74, 6) is -1.78. The molecule has 0 aliphatic carbocycles. The van der Waals surface area contributed by atoms with E-state index in [1.165, 1.54) is 19.1 Å². The molecule has 0 amide bonds. The first-order chi connectivity index (χ1) is 8.07. The zero-order chi connectivity index (χ0) is 14.5. The van der Waals surface area contributed by atoms with Crippen molar-refractivity contribution in [3.8, 4) is 0 Å². The molecule has 0 saturated heterocycles. The van der Waals surface area contributed by atoms with Gasteiger partial charge < -0.3 is 0 Å². The van der Waals surface area contributed by atoms with E-state index < -0.39 is 22.8 Å². The molecule has 1 aromatic carbocycles. The number of carbonyl (C=O) groups is 1. The minimum atomic E-state index is -4.79. The van der Waals surface area contributed by atoms with Gasteiger partial charge in [-0.1, -0.05) is 18.2 Å². The van der Waals surface area contributed by atoms with Gasteiger partial charge in [-0.05, 0) is 25.0 Å². The first-order valence-electron chi connectivity index (χ1n) is 4.64. The zero-order valence-corrected chi connectivity index (χ0v) is 10.5. The average Bonchev–Trinajstić information content (AvgIpc) is 2.19. The molecule has 0 bridgehead atoms. The highest BCUT2D eigenvalue weighted by atomic mass is 32.2. The molecule has 102 valence electrons. The van der Waals surface area contributed by atoms with Crippen LogP contribution < -0.4 is 5.14 Å². The van der Waals surface area contributed by atoms with E-state index in [9.17, 15) is 18.0 Å². The molecule has 0 heterocycles. The second-order valence-corrected chi connectivity index (χ2v) is 3.93. The molecular weight excluding hydrogens is 271 g/mol. The van der Waals surface area contributed by atoms with Crippen molar-refractivity contribution in [3.05, 3.63) is 34.9 Å². The second kappa shape index (κ2) is 6.50. The number of Topliss-reactive ketones (excluding diaryl/α,β-unsaturated/α-hetero) is 1. The van der Waals surface area contributed by atoms with Crippen molar-refractivity contribution in [2.75, 3.05) is 0 Å². The van der Waals surface area contributed by atoms with Gasteiger partial charge in [-0.2, -0.15) is 13.2 Å². The van der Waals surface area contributed by atoms with Gasteiger partial charge in [0.1, 0.15) is 0 Å². The van der Waals surface area contributed by atoms with Crippen LogP contribution in [0, 0.1) is 13.8 Å². The Kier molecular flexibility index (Phi) is 5.99. The number of benzene rings is 1. The molecule has 0 saturated carbocycles. The molecule has 0 aliphatic rings. The largest absolute Gasteiger partial charge is 0.454 e. The van der Waals surface area contributed by atoms with Crippen LogP contribution in [0.25, 0.3) is 0 Å². The molecule has 8 heteroatoms. The van der Waals surface area contributed by atoms with Crippen LogP contribution in [0.15, 0.2) is 18.2 Å². The lowest BCUT2D eigenvalue weighted by Crippen LogP contribution is -2.23. The lowest BCUT2D eigenvalue weighted by Gasteiger charge is -2.09. The third-order valence-electron chi connectivity index (χ3n) is 2.11.